The average molecular weight is 550 g/mol. The zero-order valence-electron chi connectivity index (χ0n) is 21.0. The number of amides is 1. The number of halogens is 2. The Hall–Kier alpha value is -3.23. The summed E-state index contributed by atoms with van der Waals surface area (Å²) >= 11 is 12.0. The monoisotopic (exact) mass is 549 g/mol. The molecule has 2 aromatic carbocycles. The van der Waals surface area contributed by atoms with E-state index in [1.807, 2.05) is 0 Å². The highest BCUT2D eigenvalue weighted by molar-refractivity contribution is 6.39. The highest BCUT2D eigenvalue weighted by atomic mass is 35.5. The van der Waals surface area contributed by atoms with E-state index in [9.17, 15) is 24.0 Å². The van der Waals surface area contributed by atoms with E-state index in [1.165, 1.54) is 19.1 Å². The second-order valence-corrected chi connectivity index (χ2v) is 10.2. The fourth-order valence-electron chi connectivity index (χ4n) is 3.22. The number of carbonyl (C=O) groups excluding carboxylic acids is 5. The van der Waals surface area contributed by atoms with Crippen molar-refractivity contribution in [2.45, 2.75) is 52.2 Å². The molecule has 0 spiro atoms. The maximum absolute atomic E-state index is 12.9. The van der Waals surface area contributed by atoms with Gasteiger partial charge in [0.05, 0.1) is 22.0 Å². The molecule has 0 saturated heterocycles. The molecule has 198 valence electrons. The maximum Gasteiger partial charge on any atom is 0.341 e. The number of ether oxygens (including phenoxy) is 2. The van der Waals surface area contributed by atoms with Gasteiger partial charge in [0.15, 0.2) is 18.2 Å². The molecule has 10 heteroatoms. The summed E-state index contributed by atoms with van der Waals surface area (Å²) in [6.45, 7) is 5.75. The SMILES string of the molecule is CC(CC(=O)c1ccccc1)C(=O)NC(CC(=O)OC(C)(C)C)C(=O)COC(=O)c1c(Cl)cccc1Cl. The second-order valence-electron chi connectivity index (χ2n) is 9.39. The molecular weight excluding hydrogens is 521 g/mol. The Morgan fingerprint density at radius 3 is 2.05 bits per heavy atom. The van der Waals surface area contributed by atoms with Crippen LogP contribution in [0.1, 0.15) is 61.3 Å². The van der Waals surface area contributed by atoms with Gasteiger partial charge in [0.1, 0.15) is 11.6 Å². The number of carbonyl (C=O) groups is 5. The second kappa shape index (κ2) is 13.4. The summed E-state index contributed by atoms with van der Waals surface area (Å²) < 4.78 is 10.3. The molecule has 2 aromatic rings. The Balaban J connectivity index is 2.10. The van der Waals surface area contributed by atoms with Gasteiger partial charge < -0.3 is 14.8 Å². The highest BCUT2D eigenvalue weighted by Crippen LogP contribution is 2.25. The van der Waals surface area contributed by atoms with Crippen LogP contribution in [0.15, 0.2) is 48.5 Å². The summed E-state index contributed by atoms with van der Waals surface area (Å²) in [5.74, 6) is -4.09. The Morgan fingerprint density at radius 1 is 0.892 bits per heavy atom. The minimum absolute atomic E-state index is 0.0421. The molecule has 0 aliphatic carbocycles. The van der Waals surface area contributed by atoms with Crippen molar-refractivity contribution in [2.75, 3.05) is 6.61 Å². The lowest BCUT2D eigenvalue weighted by Gasteiger charge is -2.23. The first-order valence-electron chi connectivity index (χ1n) is 11.5. The summed E-state index contributed by atoms with van der Waals surface area (Å²) in [4.78, 5) is 63.1. The molecule has 0 radical (unpaired) electrons. The Labute approximate surface area is 225 Å². The van der Waals surface area contributed by atoms with E-state index in [0.29, 0.717) is 5.56 Å². The van der Waals surface area contributed by atoms with Crippen molar-refractivity contribution in [1.82, 2.24) is 5.32 Å². The molecule has 1 N–H and O–H groups in total. The van der Waals surface area contributed by atoms with Crippen LogP contribution in [0.25, 0.3) is 0 Å². The van der Waals surface area contributed by atoms with Gasteiger partial charge in [0, 0.05) is 17.9 Å². The number of ketones is 2. The highest BCUT2D eigenvalue weighted by Gasteiger charge is 2.30. The minimum Gasteiger partial charge on any atom is -0.460 e. The van der Waals surface area contributed by atoms with Gasteiger partial charge >= 0.3 is 11.9 Å². The predicted octanol–water partition coefficient (Wildman–Crippen LogP) is 4.85. The van der Waals surface area contributed by atoms with Crippen molar-refractivity contribution in [1.29, 1.82) is 0 Å². The molecule has 0 aliphatic heterocycles. The van der Waals surface area contributed by atoms with Crippen molar-refractivity contribution >= 4 is 52.6 Å². The van der Waals surface area contributed by atoms with E-state index in [-0.39, 0.29) is 27.8 Å². The molecule has 0 saturated carbocycles. The minimum atomic E-state index is -1.36. The number of esters is 2. The third-order valence-electron chi connectivity index (χ3n) is 5.04. The first-order chi connectivity index (χ1) is 17.3. The van der Waals surface area contributed by atoms with E-state index in [4.69, 9.17) is 32.7 Å². The lowest BCUT2D eigenvalue weighted by molar-refractivity contribution is -0.156. The summed E-state index contributed by atoms with van der Waals surface area (Å²) in [7, 11) is 0. The smallest absolute Gasteiger partial charge is 0.341 e. The van der Waals surface area contributed by atoms with E-state index < -0.39 is 54.2 Å². The van der Waals surface area contributed by atoms with Gasteiger partial charge in [-0.2, -0.15) is 0 Å². The average Bonchev–Trinajstić information content (AvgIpc) is 2.81. The third-order valence-corrected chi connectivity index (χ3v) is 5.67. The summed E-state index contributed by atoms with van der Waals surface area (Å²) in [5, 5.41) is 2.58. The molecule has 8 nitrogen and oxygen atoms in total. The fourth-order valence-corrected chi connectivity index (χ4v) is 3.78. The molecular formula is C27H29Cl2NO7. The van der Waals surface area contributed by atoms with Crippen molar-refractivity contribution in [3.05, 3.63) is 69.7 Å². The zero-order chi connectivity index (χ0) is 27.8. The van der Waals surface area contributed by atoms with Crippen LogP contribution < -0.4 is 5.32 Å². The molecule has 2 rings (SSSR count). The van der Waals surface area contributed by atoms with Gasteiger partial charge in [-0.1, -0.05) is 66.5 Å². The number of hydrogen-bond acceptors (Lipinski definition) is 7. The molecule has 0 heterocycles. The molecule has 0 aliphatic rings. The van der Waals surface area contributed by atoms with Gasteiger partial charge in [-0.15, -0.1) is 0 Å². The number of Topliss-reactive ketones (excluding diaryl/α,β-unsaturated/α-hetero) is 2. The maximum atomic E-state index is 12.9. The van der Waals surface area contributed by atoms with Gasteiger partial charge in [0.25, 0.3) is 0 Å². The van der Waals surface area contributed by atoms with Crippen molar-refractivity contribution in [3.8, 4) is 0 Å². The van der Waals surface area contributed by atoms with Crippen LogP contribution in [0.2, 0.25) is 10.0 Å². The van der Waals surface area contributed by atoms with Crippen LogP contribution >= 0.6 is 23.2 Å². The van der Waals surface area contributed by atoms with Crippen LogP contribution in [0.3, 0.4) is 0 Å². The molecule has 0 fully saturated rings. The van der Waals surface area contributed by atoms with Gasteiger partial charge in [-0.3, -0.25) is 19.2 Å². The van der Waals surface area contributed by atoms with Crippen LogP contribution in [0.4, 0.5) is 0 Å². The molecule has 0 aromatic heterocycles. The fraction of sp³-hybridized carbons (Fsp3) is 0.370. The van der Waals surface area contributed by atoms with E-state index in [0.717, 1.165) is 0 Å². The number of benzene rings is 2. The molecule has 0 bridgehead atoms. The molecule has 2 atom stereocenters. The zero-order valence-corrected chi connectivity index (χ0v) is 22.5. The Morgan fingerprint density at radius 2 is 1.49 bits per heavy atom. The Bertz CT molecular complexity index is 1140. The first kappa shape index (κ1) is 30.0. The van der Waals surface area contributed by atoms with Crippen LogP contribution in [0, 0.1) is 5.92 Å². The molecule has 2 unspecified atom stereocenters. The lowest BCUT2D eigenvalue weighted by Crippen LogP contribution is -2.46. The van der Waals surface area contributed by atoms with E-state index >= 15 is 0 Å². The molecule has 1 amide bonds. The normalized spacial score (nSPS) is 12.7. The van der Waals surface area contributed by atoms with Crippen LogP contribution in [-0.2, 0) is 23.9 Å². The Kier molecular flexibility index (Phi) is 10.8. The summed E-state index contributed by atoms with van der Waals surface area (Å²) in [6, 6.07) is 11.5. The summed E-state index contributed by atoms with van der Waals surface area (Å²) in [5.41, 5.74) is -0.481. The van der Waals surface area contributed by atoms with Crippen molar-refractivity contribution in [3.63, 3.8) is 0 Å². The van der Waals surface area contributed by atoms with Gasteiger partial charge in [0.2, 0.25) is 5.91 Å². The number of nitrogens with one attached hydrogen (secondary N) is 1. The predicted molar refractivity (Wildman–Crippen MR) is 139 cm³/mol. The topological polar surface area (TPSA) is 116 Å². The van der Waals surface area contributed by atoms with E-state index in [2.05, 4.69) is 5.32 Å². The van der Waals surface area contributed by atoms with Gasteiger partial charge in [-0.25, -0.2) is 4.79 Å². The van der Waals surface area contributed by atoms with Crippen molar-refractivity contribution < 1.29 is 33.4 Å². The van der Waals surface area contributed by atoms with Gasteiger partial charge in [-0.05, 0) is 32.9 Å². The standard InChI is InChI=1S/C27H29Cl2NO7/c1-16(13-21(31)17-9-6-5-7-10-17)25(34)30-20(14-23(33)37-27(2,3)4)22(32)15-36-26(35)24-18(28)11-8-12-19(24)29/h5-12,16,20H,13-15H2,1-4H3,(H,30,34). The lowest BCUT2D eigenvalue weighted by atomic mass is 9.98. The number of rotatable bonds is 11. The van der Waals surface area contributed by atoms with E-state index in [1.54, 1.807) is 57.2 Å². The first-order valence-corrected chi connectivity index (χ1v) is 12.3. The molecule has 37 heavy (non-hydrogen) atoms. The van der Waals surface area contributed by atoms with Crippen LogP contribution in [0.5, 0.6) is 0 Å². The largest absolute Gasteiger partial charge is 0.460 e. The van der Waals surface area contributed by atoms with Crippen LogP contribution in [-0.4, -0.2) is 47.7 Å². The third kappa shape index (κ3) is 9.63. The summed E-state index contributed by atoms with van der Waals surface area (Å²) in [6.07, 6.45) is -0.602. The quantitative estimate of drug-likeness (QED) is 0.314. The van der Waals surface area contributed by atoms with Crippen molar-refractivity contribution in [2.24, 2.45) is 5.92 Å². The number of hydrogen-bond donors (Lipinski definition) is 1.